The van der Waals surface area contributed by atoms with Crippen LogP contribution in [0.15, 0.2) is 48.5 Å². The molecule has 0 fully saturated rings. The minimum Gasteiger partial charge on any atom is -0.491 e. The second-order valence-corrected chi connectivity index (χ2v) is 7.54. The molecule has 0 saturated heterocycles. The van der Waals surface area contributed by atoms with E-state index < -0.39 is 23.7 Å². The first kappa shape index (κ1) is 22.8. The minimum atomic E-state index is -4.53. The Kier molecular flexibility index (Phi) is 7.01. The Morgan fingerprint density at radius 3 is 2.61 bits per heavy atom. The quantitative estimate of drug-likeness (QED) is 0.483. The summed E-state index contributed by atoms with van der Waals surface area (Å²) >= 11 is 11.1. The van der Waals surface area contributed by atoms with Crippen molar-refractivity contribution in [1.29, 1.82) is 0 Å². The largest absolute Gasteiger partial charge is 0.491 e. The number of carbonyl (C=O) groups excluding carboxylic acids is 1. The molecule has 6 nitrogen and oxygen atoms in total. The van der Waals surface area contributed by atoms with E-state index in [1.165, 1.54) is 22.8 Å². The first-order valence-electron chi connectivity index (χ1n) is 9.14. The number of amides is 1. The van der Waals surface area contributed by atoms with Crippen LogP contribution < -0.4 is 10.1 Å². The van der Waals surface area contributed by atoms with E-state index in [9.17, 15) is 18.0 Å². The lowest BCUT2D eigenvalue weighted by molar-refractivity contribution is -0.139. The third kappa shape index (κ3) is 5.86. The van der Waals surface area contributed by atoms with Gasteiger partial charge in [-0.25, -0.2) is 0 Å². The van der Waals surface area contributed by atoms with Crippen LogP contribution >= 0.6 is 23.8 Å². The molecular weight excluding hydrogens is 453 g/mol. The molecule has 1 amide bonds. The predicted molar refractivity (Wildman–Crippen MR) is 112 cm³/mol. The van der Waals surface area contributed by atoms with E-state index in [1.807, 2.05) is 0 Å². The van der Waals surface area contributed by atoms with E-state index >= 15 is 0 Å². The van der Waals surface area contributed by atoms with E-state index in [0.717, 1.165) is 6.07 Å². The van der Waals surface area contributed by atoms with Crippen molar-refractivity contribution in [2.45, 2.75) is 25.7 Å². The number of benzene rings is 2. The summed E-state index contributed by atoms with van der Waals surface area (Å²) in [5.74, 6) is -0.231. The molecule has 2 aromatic carbocycles. The van der Waals surface area contributed by atoms with Gasteiger partial charge in [-0.05, 0) is 55.5 Å². The number of nitrogens with zero attached hydrogens (tertiary/aromatic N) is 2. The van der Waals surface area contributed by atoms with Gasteiger partial charge >= 0.3 is 6.18 Å². The van der Waals surface area contributed by atoms with Crippen LogP contribution in [0.4, 0.5) is 13.2 Å². The number of carbonyl (C=O) groups is 1. The Morgan fingerprint density at radius 1 is 1.26 bits per heavy atom. The lowest BCUT2D eigenvalue weighted by Crippen LogP contribution is -2.39. The molecule has 0 saturated carbocycles. The molecule has 31 heavy (non-hydrogen) atoms. The number of nitrogens with one attached hydrogen (secondary N) is 2. The van der Waals surface area contributed by atoms with Crippen molar-refractivity contribution in [3.8, 4) is 17.1 Å². The van der Waals surface area contributed by atoms with E-state index in [0.29, 0.717) is 16.4 Å². The molecule has 0 aliphatic carbocycles. The van der Waals surface area contributed by atoms with Gasteiger partial charge in [0.25, 0.3) is 0 Å². The zero-order chi connectivity index (χ0) is 22.6. The summed E-state index contributed by atoms with van der Waals surface area (Å²) < 4.78 is 46.2. The average molecular weight is 471 g/mol. The third-order valence-corrected chi connectivity index (χ3v) is 4.81. The number of H-pyrrole nitrogens is 1. The first-order chi connectivity index (χ1) is 14.6. The Labute approximate surface area is 186 Å². The topological polar surface area (TPSA) is 71.9 Å². The Hall–Kier alpha value is -2.85. The molecule has 0 bridgehead atoms. The van der Waals surface area contributed by atoms with Gasteiger partial charge in [0.2, 0.25) is 5.91 Å². The van der Waals surface area contributed by atoms with E-state index in [1.54, 1.807) is 31.2 Å². The molecule has 1 unspecified atom stereocenters. The second kappa shape index (κ2) is 9.52. The fourth-order valence-electron chi connectivity index (χ4n) is 2.83. The molecule has 1 aromatic heterocycles. The van der Waals surface area contributed by atoms with Gasteiger partial charge in [-0.15, -0.1) is 0 Å². The zero-order valence-electron chi connectivity index (χ0n) is 16.2. The maximum atomic E-state index is 13.1. The van der Waals surface area contributed by atoms with Gasteiger partial charge < -0.3 is 10.1 Å². The van der Waals surface area contributed by atoms with Crippen LogP contribution in [0.3, 0.4) is 0 Å². The number of alkyl halides is 3. The maximum Gasteiger partial charge on any atom is 0.419 e. The summed E-state index contributed by atoms with van der Waals surface area (Å²) in [6.45, 7) is 1.36. The van der Waals surface area contributed by atoms with Crippen molar-refractivity contribution < 1.29 is 22.7 Å². The molecule has 11 heteroatoms. The van der Waals surface area contributed by atoms with Crippen LogP contribution in [0.25, 0.3) is 11.4 Å². The Bertz CT molecular complexity index is 1110. The van der Waals surface area contributed by atoms with Gasteiger partial charge in [-0.2, -0.15) is 18.3 Å². The van der Waals surface area contributed by atoms with Gasteiger partial charge in [-0.3, -0.25) is 14.5 Å². The second-order valence-electron chi connectivity index (χ2n) is 6.72. The lowest BCUT2D eigenvalue weighted by atomic mass is 10.2. The van der Waals surface area contributed by atoms with Crippen LogP contribution in [0, 0.1) is 4.77 Å². The van der Waals surface area contributed by atoms with Crippen LogP contribution in [-0.2, 0) is 17.5 Å². The molecule has 1 atom stereocenters. The Balaban J connectivity index is 1.63. The molecule has 164 valence electrons. The van der Waals surface area contributed by atoms with E-state index in [2.05, 4.69) is 15.5 Å². The predicted octanol–water partition coefficient (Wildman–Crippen LogP) is 4.86. The highest BCUT2D eigenvalue weighted by molar-refractivity contribution is 7.71. The number of aromatic nitrogens is 3. The number of rotatable bonds is 7. The highest BCUT2D eigenvalue weighted by atomic mass is 35.5. The number of para-hydroxylation sites is 1. The van der Waals surface area contributed by atoms with Gasteiger partial charge in [0.15, 0.2) is 10.6 Å². The Morgan fingerprint density at radius 2 is 1.94 bits per heavy atom. The monoisotopic (exact) mass is 470 g/mol. The van der Waals surface area contributed by atoms with Crippen molar-refractivity contribution in [2.75, 3.05) is 6.61 Å². The average Bonchev–Trinajstić information content (AvgIpc) is 3.06. The lowest BCUT2D eigenvalue weighted by Gasteiger charge is -2.18. The molecule has 0 aliphatic rings. The van der Waals surface area contributed by atoms with Crippen LogP contribution in [-0.4, -0.2) is 33.3 Å². The first-order valence-corrected chi connectivity index (χ1v) is 9.93. The molecule has 0 spiro atoms. The van der Waals surface area contributed by atoms with E-state index in [-0.39, 0.29) is 23.7 Å². The molecule has 3 aromatic rings. The standard InChI is InChI=1S/C20H18ClF3N4O2S/c1-12(11-30-16-5-3-2-4-15(16)20(22,23)24)25-17(29)10-28-18(26-27-19(28)31)13-6-8-14(21)9-7-13/h2-9,12H,10-11H2,1H3,(H,25,29)(H,27,31). The van der Waals surface area contributed by atoms with Crippen LogP contribution in [0.5, 0.6) is 5.75 Å². The van der Waals surface area contributed by atoms with Crippen molar-refractivity contribution >= 4 is 29.7 Å². The maximum absolute atomic E-state index is 13.1. The summed E-state index contributed by atoms with van der Waals surface area (Å²) in [7, 11) is 0. The highest BCUT2D eigenvalue weighted by Crippen LogP contribution is 2.35. The number of aromatic amines is 1. The number of halogens is 4. The van der Waals surface area contributed by atoms with E-state index in [4.69, 9.17) is 28.6 Å². The SMILES string of the molecule is CC(COc1ccccc1C(F)(F)F)NC(=O)Cn1c(-c2ccc(Cl)cc2)n[nH]c1=S. The summed E-state index contributed by atoms with van der Waals surface area (Å²) in [5.41, 5.74) is -0.157. The zero-order valence-corrected chi connectivity index (χ0v) is 17.8. The van der Waals surface area contributed by atoms with Gasteiger partial charge in [0.05, 0.1) is 11.6 Å². The summed E-state index contributed by atoms with van der Waals surface area (Å²) in [6.07, 6.45) is -4.53. The fourth-order valence-corrected chi connectivity index (χ4v) is 3.15. The van der Waals surface area contributed by atoms with Crippen molar-refractivity contribution in [3.63, 3.8) is 0 Å². The minimum absolute atomic E-state index is 0.128. The van der Waals surface area contributed by atoms with Crippen LogP contribution in [0.1, 0.15) is 12.5 Å². The smallest absolute Gasteiger partial charge is 0.419 e. The summed E-state index contributed by atoms with van der Waals surface area (Å²) in [5, 5.41) is 10.0. The van der Waals surface area contributed by atoms with Gasteiger partial charge in [-0.1, -0.05) is 23.7 Å². The van der Waals surface area contributed by atoms with Crippen LogP contribution in [0.2, 0.25) is 5.02 Å². The molecule has 1 heterocycles. The molecule has 3 rings (SSSR count). The van der Waals surface area contributed by atoms with Gasteiger partial charge in [0.1, 0.15) is 18.9 Å². The van der Waals surface area contributed by atoms with Crippen molar-refractivity contribution in [1.82, 2.24) is 20.1 Å². The number of hydrogen-bond acceptors (Lipinski definition) is 4. The van der Waals surface area contributed by atoms with Gasteiger partial charge in [0, 0.05) is 10.6 Å². The molecule has 2 N–H and O–H groups in total. The summed E-state index contributed by atoms with van der Waals surface area (Å²) in [4.78, 5) is 12.5. The van der Waals surface area contributed by atoms with Crippen molar-refractivity contribution in [2.24, 2.45) is 0 Å². The highest BCUT2D eigenvalue weighted by Gasteiger charge is 2.34. The molecule has 0 radical (unpaired) electrons. The number of ether oxygens (including phenoxy) is 1. The van der Waals surface area contributed by atoms with Crippen molar-refractivity contribution in [3.05, 3.63) is 63.9 Å². The normalized spacial score (nSPS) is 12.4. The summed E-state index contributed by atoms with van der Waals surface area (Å²) in [6, 6.07) is 11.2. The molecule has 0 aliphatic heterocycles. The third-order valence-electron chi connectivity index (χ3n) is 4.25. The molecular formula is C20H18ClF3N4O2S. The number of hydrogen-bond donors (Lipinski definition) is 2. The fraction of sp³-hybridized carbons (Fsp3) is 0.250.